The number of anilines is 1. The molecule has 0 saturated carbocycles. The summed E-state index contributed by atoms with van der Waals surface area (Å²) in [6.07, 6.45) is 5.77. The summed E-state index contributed by atoms with van der Waals surface area (Å²) in [5.74, 6) is 0.490. The summed E-state index contributed by atoms with van der Waals surface area (Å²) in [4.78, 5) is 12.4. The Labute approximate surface area is 169 Å². The number of benzene rings is 2. The first kappa shape index (κ1) is 17.4. The van der Waals surface area contributed by atoms with Gasteiger partial charge in [-0.1, -0.05) is 36.4 Å². The molecule has 0 aliphatic heterocycles. The van der Waals surface area contributed by atoms with Crippen molar-refractivity contribution in [2.45, 2.75) is 19.8 Å². The number of nitrogen functional groups attached to an aromatic ring is 1. The molecule has 0 spiro atoms. The zero-order chi connectivity index (χ0) is 19.8. The van der Waals surface area contributed by atoms with E-state index >= 15 is 0 Å². The van der Waals surface area contributed by atoms with Crippen molar-refractivity contribution in [2.75, 3.05) is 5.73 Å². The first-order valence-corrected chi connectivity index (χ1v) is 9.84. The van der Waals surface area contributed by atoms with E-state index in [0.29, 0.717) is 5.82 Å². The van der Waals surface area contributed by atoms with Crippen LogP contribution in [0.3, 0.4) is 0 Å². The largest absolute Gasteiger partial charge is 0.382 e. The third kappa shape index (κ3) is 3.34. The number of H-pyrrole nitrogens is 1. The van der Waals surface area contributed by atoms with Crippen molar-refractivity contribution in [2.24, 2.45) is 0 Å². The SMILES string of the molecule is Cc1ccc2c(c1)nc(N)c1ncc(CCc3ccc(-c4ccc[nH]4)cc3)cc12. The van der Waals surface area contributed by atoms with E-state index in [1.165, 1.54) is 22.3 Å². The van der Waals surface area contributed by atoms with E-state index in [9.17, 15) is 0 Å². The van der Waals surface area contributed by atoms with Crippen LogP contribution in [0, 0.1) is 6.92 Å². The number of nitrogens with one attached hydrogen (secondary N) is 1. The van der Waals surface area contributed by atoms with E-state index in [1.54, 1.807) is 0 Å². The lowest BCUT2D eigenvalue weighted by atomic mass is 10.0. The van der Waals surface area contributed by atoms with Crippen molar-refractivity contribution < 1.29 is 0 Å². The standard InChI is InChI=1S/C25H22N4/c1-16-4-11-20-21-14-18(15-28-24(21)25(26)29-23(20)13-16)6-5-17-7-9-19(10-8-17)22-3-2-12-27-22/h2-4,7-15,27H,5-6H2,1H3,(H2,26,29). The van der Waals surface area contributed by atoms with Gasteiger partial charge in [-0.15, -0.1) is 0 Å². The number of hydrogen-bond donors (Lipinski definition) is 2. The van der Waals surface area contributed by atoms with Gasteiger partial charge in [0.25, 0.3) is 0 Å². The Morgan fingerprint density at radius 3 is 2.52 bits per heavy atom. The molecular formula is C25H22N4. The van der Waals surface area contributed by atoms with Gasteiger partial charge in [0, 0.05) is 28.9 Å². The van der Waals surface area contributed by atoms with Gasteiger partial charge in [-0.2, -0.15) is 0 Å². The van der Waals surface area contributed by atoms with Gasteiger partial charge in [-0.05, 0) is 66.3 Å². The first-order chi connectivity index (χ1) is 14.2. The Morgan fingerprint density at radius 1 is 0.897 bits per heavy atom. The molecule has 5 rings (SSSR count). The Balaban J connectivity index is 1.42. The Bertz CT molecular complexity index is 1300. The molecule has 2 aromatic carbocycles. The van der Waals surface area contributed by atoms with E-state index < -0.39 is 0 Å². The predicted octanol–water partition coefficient (Wildman–Crippen LogP) is 5.45. The molecule has 0 bridgehead atoms. The summed E-state index contributed by atoms with van der Waals surface area (Å²) in [6, 6.07) is 21.3. The third-order valence-corrected chi connectivity index (χ3v) is 5.44. The molecule has 0 amide bonds. The van der Waals surface area contributed by atoms with E-state index in [-0.39, 0.29) is 0 Å². The second kappa shape index (κ2) is 7.06. The molecule has 0 saturated heterocycles. The molecule has 5 aromatic rings. The molecule has 3 N–H and O–H groups in total. The van der Waals surface area contributed by atoms with Crippen LogP contribution in [-0.2, 0) is 12.8 Å². The van der Waals surface area contributed by atoms with E-state index in [0.717, 1.165) is 40.3 Å². The van der Waals surface area contributed by atoms with Gasteiger partial charge in [0.15, 0.2) is 5.82 Å². The summed E-state index contributed by atoms with van der Waals surface area (Å²) >= 11 is 0. The monoisotopic (exact) mass is 378 g/mol. The average molecular weight is 378 g/mol. The van der Waals surface area contributed by atoms with Gasteiger partial charge in [-0.25, -0.2) is 4.98 Å². The normalized spacial score (nSPS) is 11.3. The lowest BCUT2D eigenvalue weighted by molar-refractivity contribution is 0.955. The van der Waals surface area contributed by atoms with Gasteiger partial charge >= 0.3 is 0 Å². The number of aromatic nitrogens is 3. The van der Waals surface area contributed by atoms with E-state index in [2.05, 4.69) is 76.5 Å². The van der Waals surface area contributed by atoms with Crippen molar-refractivity contribution in [3.63, 3.8) is 0 Å². The molecule has 29 heavy (non-hydrogen) atoms. The summed E-state index contributed by atoms with van der Waals surface area (Å²) in [7, 11) is 0. The summed E-state index contributed by atoms with van der Waals surface area (Å²) in [5.41, 5.74) is 13.9. The topological polar surface area (TPSA) is 67.6 Å². The van der Waals surface area contributed by atoms with Crippen molar-refractivity contribution in [3.8, 4) is 11.3 Å². The van der Waals surface area contributed by atoms with Crippen LogP contribution in [0.2, 0.25) is 0 Å². The number of pyridine rings is 2. The first-order valence-electron chi connectivity index (χ1n) is 9.84. The minimum atomic E-state index is 0.490. The molecule has 0 fully saturated rings. The Hall–Kier alpha value is -3.66. The number of rotatable bonds is 4. The highest BCUT2D eigenvalue weighted by Crippen LogP contribution is 2.28. The molecule has 142 valence electrons. The van der Waals surface area contributed by atoms with Crippen LogP contribution in [0.1, 0.15) is 16.7 Å². The Morgan fingerprint density at radius 2 is 1.72 bits per heavy atom. The van der Waals surface area contributed by atoms with Crippen LogP contribution >= 0.6 is 0 Å². The van der Waals surface area contributed by atoms with Crippen LogP contribution in [0.15, 0.2) is 73.1 Å². The highest BCUT2D eigenvalue weighted by Gasteiger charge is 2.09. The summed E-state index contributed by atoms with van der Waals surface area (Å²) < 4.78 is 0. The highest BCUT2D eigenvalue weighted by atomic mass is 14.9. The fourth-order valence-corrected chi connectivity index (χ4v) is 3.85. The lowest BCUT2D eigenvalue weighted by Crippen LogP contribution is -1.98. The molecule has 0 aliphatic rings. The van der Waals surface area contributed by atoms with Gasteiger partial charge in [0.2, 0.25) is 0 Å². The summed E-state index contributed by atoms with van der Waals surface area (Å²) in [6.45, 7) is 2.07. The van der Waals surface area contributed by atoms with Gasteiger partial charge in [-0.3, -0.25) is 4.98 Å². The van der Waals surface area contributed by atoms with Crippen molar-refractivity contribution in [3.05, 3.63) is 89.7 Å². The number of nitrogens with two attached hydrogens (primary N) is 1. The molecule has 4 nitrogen and oxygen atoms in total. The highest BCUT2D eigenvalue weighted by molar-refractivity contribution is 6.08. The number of nitrogens with zero attached hydrogens (tertiary/aromatic N) is 2. The van der Waals surface area contributed by atoms with Crippen molar-refractivity contribution >= 4 is 27.6 Å². The van der Waals surface area contributed by atoms with Gasteiger partial charge < -0.3 is 10.7 Å². The second-order valence-electron chi connectivity index (χ2n) is 7.54. The van der Waals surface area contributed by atoms with Crippen LogP contribution in [0.5, 0.6) is 0 Å². The summed E-state index contributed by atoms with van der Waals surface area (Å²) in [5, 5.41) is 2.18. The fraction of sp³-hybridized carbons (Fsp3) is 0.120. The van der Waals surface area contributed by atoms with Crippen molar-refractivity contribution in [1.29, 1.82) is 0 Å². The molecule has 0 radical (unpaired) electrons. The lowest BCUT2D eigenvalue weighted by Gasteiger charge is -2.09. The maximum absolute atomic E-state index is 6.17. The minimum Gasteiger partial charge on any atom is -0.382 e. The van der Waals surface area contributed by atoms with Crippen LogP contribution in [0.25, 0.3) is 33.1 Å². The molecule has 3 heterocycles. The second-order valence-corrected chi connectivity index (χ2v) is 7.54. The molecule has 0 aliphatic carbocycles. The molecule has 0 atom stereocenters. The maximum atomic E-state index is 6.17. The molecule has 4 heteroatoms. The zero-order valence-corrected chi connectivity index (χ0v) is 16.3. The average Bonchev–Trinajstić information content (AvgIpc) is 3.27. The number of fused-ring (bicyclic) bond motifs is 3. The van der Waals surface area contributed by atoms with Crippen LogP contribution in [0.4, 0.5) is 5.82 Å². The minimum absolute atomic E-state index is 0.490. The fourth-order valence-electron chi connectivity index (χ4n) is 3.85. The number of aryl methyl sites for hydroxylation is 3. The third-order valence-electron chi connectivity index (χ3n) is 5.44. The quantitative estimate of drug-likeness (QED) is 0.408. The molecule has 3 aromatic heterocycles. The van der Waals surface area contributed by atoms with E-state index in [1.807, 2.05) is 18.5 Å². The number of hydrogen-bond acceptors (Lipinski definition) is 3. The molecule has 0 unspecified atom stereocenters. The maximum Gasteiger partial charge on any atom is 0.150 e. The van der Waals surface area contributed by atoms with E-state index in [4.69, 9.17) is 5.73 Å². The Kier molecular flexibility index (Phi) is 4.24. The predicted molar refractivity (Wildman–Crippen MR) is 120 cm³/mol. The van der Waals surface area contributed by atoms with Gasteiger partial charge in [0.05, 0.1) is 5.52 Å². The van der Waals surface area contributed by atoms with Crippen LogP contribution in [-0.4, -0.2) is 15.0 Å². The zero-order valence-electron chi connectivity index (χ0n) is 16.3. The van der Waals surface area contributed by atoms with Crippen molar-refractivity contribution in [1.82, 2.24) is 15.0 Å². The van der Waals surface area contributed by atoms with Crippen LogP contribution < -0.4 is 5.73 Å². The number of aromatic amines is 1. The molecular weight excluding hydrogens is 356 g/mol. The smallest absolute Gasteiger partial charge is 0.150 e. The van der Waals surface area contributed by atoms with Gasteiger partial charge in [0.1, 0.15) is 5.52 Å².